The summed E-state index contributed by atoms with van der Waals surface area (Å²) in [7, 11) is -3.47. The first-order valence-electron chi connectivity index (χ1n) is 5.35. The standard InChI is InChI=1S/C11H16O4S/c1-2-3-4-6-9(11(12)13)10-7-5-8-16(10,14)15/h5,7-9H,2-4,6H2,1H3,(H,12,13). The monoisotopic (exact) mass is 244 g/mol. The van der Waals surface area contributed by atoms with E-state index in [1.807, 2.05) is 6.92 Å². The zero-order valence-corrected chi connectivity index (χ0v) is 10.0. The quantitative estimate of drug-likeness (QED) is 0.726. The number of carboxylic acid groups (broad SMARTS) is 1. The SMILES string of the molecule is CCCCCC(C(=O)O)C1=CC=CS1(=O)=O. The molecule has 1 heterocycles. The van der Waals surface area contributed by atoms with Gasteiger partial charge in [0.2, 0.25) is 0 Å². The molecule has 1 N–H and O–H groups in total. The first-order chi connectivity index (χ1) is 7.49. The summed E-state index contributed by atoms with van der Waals surface area (Å²) >= 11 is 0. The fourth-order valence-electron chi connectivity index (χ4n) is 1.71. The van der Waals surface area contributed by atoms with Gasteiger partial charge in [-0.2, -0.15) is 0 Å². The van der Waals surface area contributed by atoms with Gasteiger partial charge in [-0.05, 0) is 18.6 Å². The van der Waals surface area contributed by atoms with Gasteiger partial charge in [0.05, 0.1) is 10.8 Å². The maximum Gasteiger partial charge on any atom is 0.311 e. The van der Waals surface area contributed by atoms with E-state index < -0.39 is 21.7 Å². The van der Waals surface area contributed by atoms with Gasteiger partial charge in [-0.3, -0.25) is 4.79 Å². The van der Waals surface area contributed by atoms with E-state index in [0.29, 0.717) is 6.42 Å². The van der Waals surface area contributed by atoms with Crippen molar-refractivity contribution in [2.75, 3.05) is 0 Å². The fraction of sp³-hybridized carbons (Fsp3) is 0.545. The molecule has 0 saturated heterocycles. The molecule has 1 rings (SSSR count). The van der Waals surface area contributed by atoms with E-state index in [1.165, 1.54) is 12.2 Å². The lowest BCUT2D eigenvalue weighted by Gasteiger charge is -2.12. The normalized spacial score (nSPS) is 19.4. The summed E-state index contributed by atoms with van der Waals surface area (Å²) in [5.41, 5.74) is 0. The molecule has 0 aromatic rings. The van der Waals surface area contributed by atoms with Crippen LogP contribution in [0.5, 0.6) is 0 Å². The average molecular weight is 244 g/mol. The van der Waals surface area contributed by atoms with E-state index in [-0.39, 0.29) is 4.91 Å². The molecule has 4 nitrogen and oxygen atoms in total. The van der Waals surface area contributed by atoms with Crippen LogP contribution in [-0.4, -0.2) is 19.5 Å². The van der Waals surface area contributed by atoms with Crippen LogP contribution in [0.15, 0.2) is 22.5 Å². The lowest BCUT2D eigenvalue weighted by Crippen LogP contribution is -2.19. The van der Waals surface area contributed by atoms with Crippen molar-refractivity contribution in [3.05, 3.63) is 22.5 Å². The van der Waals surface area contributed by atoms with Crippen LogP contribution in [-0.2, 0) is 14.6 Å². The van der Waals surface area contributed by atoms with Crippen molar-refractivity contribution >= 4 is 15.8 Å². The largest absolute Gasteiger partial charge is 0.481 e. The van der Waals surface area contributed by atoms with Gasteiger partial charge >= 0.3 is 5.97 Å². The Kier molecular flexibility index (Phi) is 4.29. The van der Waals surface area contributed by atoms with Gasteiger partial charge in [-0.15, -0.1) is 0 Å². The molecular weight excluding hydrogens is 228 g/mol. The summed E-state index contributed by atoms with van der Waals surface area (Å²) < 4.78 is 23.0. The van der Waals surface area contributed by atoms with Crippen LogP contribution in [0.2, 0.25) is 0 Å². The second-order valence-electron chi connectivity index (χ2n) is 3.83. The van der Waals surface area contributed by atoms with Crippen LogP contribution in [0.1, 0.15) is 32.6 Å². The molecule has 0 amide bonds. The molecule has 1 aliphatic rings. The third-order valence-corrected chi connectivity index (χ3v) is 4.18. The average Bonchev–Trinajstić information content (AvgIpc) is 2.52. The van der Waals surface area contributed by atoms with Gasteiger partial charge < -0.3 is 5.11 Å². The number of unbranched alkanes of at least 4 members (excludes halogenated alkanes) is 2. The Morgan fingerprint density at radius 3 is 2.56 bits per heavy atom. The summed E-state index contributed by atoms with van der Waals surface area (Å²) in [5.74, 6) is -1.96. The predicted octanol–water partition coefficient (Wildman–Crippen LogP) is 2.09. The van der Waals surface area contributed by atoms with E-state index >= 15 is 0 Å². The maximum absolute atomic E-state index is 11.5. The molecule has 16 heavy (non-hydrogen) atoms. The molecular formula is C11H16O4S. The molecule has 1 aliphatic heterocycles. The van der Waals surface area contributed by atoms with Gasteiger partial charge in [0.15, 0.2) is 9.84 Å². The van der Waals surface area contributed by atoms with Crippen molar-refractivity contribution in [2.24, 2.45) is 5.92 Å². The summed E-state index contributed by atoms with van der Waals surface area (Å²) in [5, 5.41) is 10.1. The molecule has 5 heteroatoms. The Morgan fingerprint density at radius 2 is 2.12 bits per heavy atom. The molecule has 1 unspecified atom stereocenters. The highest BCUT2D eigenvalue weighted by molar-refractivity contribution is 7.98. The molecule has 90 valence electrons. The molecule has 0 fully saturated rings. The number of sulfone groups is 1. The molecule has 0 radical (unpaired) electrons. The number of carboxylic acids is 1. The molecule has 0 aliphatic carbocycles. The molecule has 0 aromatic carbocycles. The van der Waals surface area contributed by atoms with E-state index in [4.69, 9.17) is 5.11 Å². The maximum atomic E-state index is 11.5. The minimum Gasteiger partial charge on any atom is -0.481 e. The van der Waals surface area contributed by atoms with E-state index in [2.05, 4.69) is 0 Å². The minimum absolute atomic E-state index is 0.0242. The number of allylic oxidation sites excluding steroid dienone is 2. The second kappa shape index (κ2) is 5.30. The van der Waals surface area contributed by atoms with Crippen LogP contribution in [0, 0.1) is 5.92 Å². The third kappa shape index (κ3) is 2.95. The smallest absolute Gasteiger partial charge is 0.311 e. The molecule has 1 atom stereocenters. The van der Waals surface area contributed by atoms with Crippen molar-refractivity contribution in [1.82, 2.24) is 0 Å². The predicted molar refractivity (Wildman–Crippen MR) is 61.4 cm³/mol. The Balaban J connectivity index is 2.77. The van der Waals surface area contributed by atoms with Gasteiger partial charge in [-0.25, -0.2) is 8.42 Å². The van der Waals surface area contributed by atoms with Crippen LogP contribution >= 0.6 is 0 Å². The van der Waals surface area contributed by atoms with Crippen LogP contribution in [0.4, 0.5) is 0 Å². The molecule has 0 aromatic heterocycles. The summed E-state index contributed by atoms with van der Waals surface area (Å²) in [6.45, 7) is 2.02. The number of hydrogen-bond acceptors (Lipinski definition) is 3. The highest BCUT2D eigenvalue weighted by Crippen LogP contribution is 2.28. The third-order valence-electron chi connectivity index (χ3n) is 2.58. The topological polar surface area (TPSA) is 71.4 Å². The number of hydrogen-bond donors (Lipinski definition) is 1. The van der Waals surface area contributed by atoms with Crippen molar-refractivity contribution in [2.45, 2.75) is 32.6 Å². The van der Waals surface area contributed by atoms with Gasteiger partial charge in [0, 0.05) is 5.41 Å². The molecule has 0 spiro atoms. The summed E-state index contributed by atoms with van der Waals surface area (Å²) in [4.78, 5) is 11.1. The van der Waals surface area contributed by atoms with Crippen molar-refractivity contribution in [3.63, 3.8) is 0 Å². The first kappa shape index (κ1) is 13.0. The first-order valence-corrected chi connectivity index (χ1v) is 6.90. The zero-order valence-electron chi connectivity index (χ0n) is 9.22. The number of carbonyl (C=O) groups is 1. The van der Waals surface area contributed by atoms with E-state index in [9.17, 15) is 13.2 Å². The minimum atomic E-state index is -3.47. The zero-order chi connectivity index (χ0) is 12.2. The Hall–Kier alpha value is -1.10. The Morgan fingerprint density at radius 1 is 1.44 bits per heavy atom. The number of rotatable bonds is 6. The van der Waals surface area contributed by atoms with Crippen molar-refractivity contribution < 1.29 is 18.3 Å². The van der Waals surface area contributed by atoms with Crippen molar-refractivity contribution in [3.8, 4) is 0 Å². The Labute approximate surface area is 95.6 Å². The fourth-order valence-corrected chi connectivity index (χ4v) is 3.04. The van der Waals surface area contributed by atoms with Crippen LogP contribution in [0.25, 0.3) is 0 Å². The molecule has 0 saturated carbocycles. The molecule has 0 bridgehead atoms. The van der Waals surface area contributed by atoms with Crippen LogP contribution < -0.4 is 0 Å². The van der Waals surface area contributed by atoms with Gasteiger partial charge in [-0.1, -0.05) is 26.2 Å². The van der Waals surface area contributed by atoms with E-state index in [0.717, 1.165) is 24.7 Å². The summed E-state index contributed by atoms with van der Waals surface area (Å²) in [6.07, 6.45) is 5.80. The lowest BCUT2D eigenvalue weighted by molar-refractivity contribution is -0.140. The Bertz CT molecular complexity index is 417. The highest BCUT2D eigenvalue weighted by atomic mass is 32.2. The number of aliphatic carboxylic acids is 1. The van der Waals surface area contributed by atoms with Crippen LogP contribution in [0.3, 0.4) is 0 Å². The highest BCUT2D eigenvalue weighted by Gasteiger charge is 2.31. The van der Waals surface area contributed by atoms with Gasteiger partial charge in [0.1, 0.15) is 0 Å². The van der Waals surface area contributed by atoms with Gasteiger partial charge in [0.25, 0.3) is 0 Å². The second-order valence-corrected chi connectivity index (χ2v) is 5.66. The lowest BCUT2D eigenvalue weighted by atomic mass is 10.0. The van der Waals surface area contributed by atoms with E-state index in [1.54, 1.807) is 0 Å². The van der Waals surface area contributed by atoms with Crippen molar-refractivity contribution in [1.29, 1.82) is 0 Å². The summed E-state index contributed by atoms with van der Waals surface area (Å²) in [6, 6.07) is 0.